The summed E-state index contributed by atoms with van der Waals surface area (Å²) in [6, 6.07) is 40.1. The fraction of sp³-hybridized carbons (Fsp3) is 0. The van der Waals surface area contributed by atoms with Crippen molar-refractivity contribution in [2.75, 3.05) is 0 Å². The van der Waals surface area contributed by atoms with Gasteiger partial charge in [-0.1, -0.05) is 78.9 Å². The molecule has 9 rings (SSSR count). The average molecular weight is 486 g/mol. The summed E-state index contributed by atoms with van der Waals surface area (Å²) in [4.78, 5) is 4.81. The highest BCUT2D eigenvalue weighted by Crippen LogP contribution is 2.51. The van der Waals surface area contributed by atoms with Gasteiger partial charge in [-0.25, -0.2) is 4.98 Å². The van der Waals surface area contributed by atoms with Crippen molar-refractivity contribution in [2.24, 2.45) is 0 Å². The first-order valence-electron chi connectivity index (χ1n) is 12.8. The number of fused-ring (bicyclic) bond motifs is 8. The van der Waals surface area contributed by atoms with E-state index in [1.165, 1.54) is 27.6 Å². The van der Waals surface area contributed by atoms with E-state index < -0.39 is 0 Å². The molecule has 176 valence electrons. The van der Waals surface area contributed by atoms with Crippen LogP contribution in [-0.2, 0) is 0 Å². The predicted octanol–water partition coefficient (Wildman–Crippen LogP) is 9.86. The molecule has 0 saturated heterocycles. The summed E-state index contributed by atoms with van der Waals surface area (Å²) >= 11 is 0. The van der Waals surface area contributed by atoms with Crippen LogP contribution in [0.2, 0.25) is 0 Å². The maximum atomic E-state index is 6.58. The van der Waals surface area contributed by atoms with E-state index in [2.05, 4.69) is 78.9 Å². The maximum Gasteiger partial charge on any atom is 0.227 e. The van der Waals surface area contributed by atoms with Gasteiger partial charge in [-0.15, -0.1) is 0 Å². The van der Waals surface area contributed by atoms with Gasteiger partial charge < -0.3 is 8.83 Å². The molecule has 3 nitrogen and oxygen atoms in total. The third-order valence-electron chi connectivity index (χ3n) is 7.85. The van der Waals surface area contributed by atoms with Crippen molar-refractivity contribution < 1.29 is 8.83 Å². The van der Waals surface area contributed by atoms with Gasteiger partial charge in [-0.3, -0.25) is 0 Å². The first kappa shape index (κ1) is 20.0. The Morgan fingerprint density at radius 1 is 0.447 bits per heavy atom. The Labute approximate surface area is 217 Å². The number of hydrogen-bond donors (Lipinski definition) is 0. The van der Waals surface area contributed by atoms with Crippen molar-refractivity contribution in [1.82, 2.24) is 4.98 Å². The number of nitrogens with zero attached hydrogens (tertiary/aromatic N) is 1. The average Bonchev–Trinajstić information content (AvgIpc) is 3.67. The molecular weight excluding hydrogens is 466 g/mol. The minimum atomic E-state index is 0.633. The maximum absolute atomic E-state index is 6.58. The topological polar surface area (TPSA) is 39.2 Å². The van der Waals surface area contributed by atoms with Crippen LogP contribution in [0.4, 0.5) is 0 Å². The summed E-state index contributed by atoms with van der Waals surface area (Å²) in [5.41, 5.74) is 11.8. The fourth-order valence-electron chi connectivity index (χ4n) is 6.19. The van der Waals surface area contributed by atoms with Gasteiger partial charge in [0, 0.05) is 27.1 Å². The van der Waals surface area contributed by atoms with Crippen molar-refractivity contribution in [1.29, 1.82) is 0 Å². The van der Waals surface area contributed by atoms with Gasteiger partial charge in [0.05, 0.1) is 0 Å². The van der Waals surface area contributed by atoms with Crippen LogP contribution in [0.1, 0.15) is 0 Å². The number of hydrogen-bond acceptors (Lipinski definition) is 3. The van der Waals surface area contributed by atoms with E-state index in [0.717, 1.165) is 55.1 Å². The zero-order chi connectivity index (χ0) is 24.8. The molecule has 0 radical (unpaired) electrons. The molecule has 0 N–H and O–H groups in total. The summed E-state index contributed by atoms with van der Waals surface area (Å²) in [7, 11) is 0. The van der Waals surface area contributed by atoms with Gasteiger partial charge in [0.15, 0.2) is 5.58 Å². The monoisotopic (exact) mass is 485 g/mol. The van der Waals surface area contributed by atoms with Crippen molar-refractivity contribution in [2.45, 2.75) is 0 Å². The highest BCUT2D eigenvalue weighted by atomic mass is 16.3. The highest BCUT2D eigenvalue weighted by molar-refractivity contribution is 6.27. The van der Waals surface area contributed by atoms with Gasteiger partial charge >= 0.3 is 0 Å². The van der Waals surface area contributed by atoms with Gasteiger partial charge in [-0.2, -0.15) is 0 Å². The molecule has 0 atom stereocenters. The summed E-state index contributed by atoms with van der Waals surface area (Å²) in [6.45, 7) is 0. The Morgan fingerprint density at radius 3 is 2.11 bits per heavy atom. The molecular formula is C35H19NO2. The third-order valence-corrected chi connectivity index (χ3v) is 7.85. The highest BCUT2D eigenvalue weighted by Gasteiger charge is 2.25. The molecule has 0 amide bonds. The Bertz CT molecular complexity index is 2230. The molecule has 2 heterocycles. The lowest BCUT2D eigenvalue weighted by atomic mass is 9.95. The lowest BCUT2D eigenvalue weighted by Crippen LogP contribution is -1.82. The van der Waals surface area contributed by atoms with Crippen LogP contribution in [0, 0.1) is 0 Å². The molecule has 3 heteroatoms. The number of aromatic nitrogens is 1. The number of benzene rings is 6. The second-order valence-electron chi connectivity index (χ2n) is 9.92. The molecule has 8 aromatic rings. The van der Waals surface area contributed by atoms with Crippen LogP contribution in [0.15, 0.2) is 124 Å². The van der Waals surface area contributed by atoms with Crippen molar-refractivity contribution >= 4 is 43.8 Å². The van der Waals surface area contributed by atoms with E-state index in [0.29, 0.717) is 5.89 Å². The van der Waals surface area contributed by atoms with E-state index >= 15 is 0 Å². The lowest BCUT2D eigenvalue weighted by molar-refractivity contribution is 0.620. The van der Waals surface area contributed by atoms with E-state index in [-0.39, 0.29) is 0 Å². The minimum Gasteiger partial charge on any atom is -0.455 e. The van der Waals surface area contributed by atoms with Gasteiger partial charge in [0.25, 0.3) is 0 Å². The molecule has 0 fully saturated rings. The van der Waals surface area contributed by atoms with Gasteiger partial charge in [0.1, 0.15) is 16.7 Å². The molecule has 6 aromatic carbocycles. The van der Waals surface area contributed by atoms with Crippen LogP contribution < -0.4 is 0 Å². The Kier molecular flexibility index (Phi) is 3.79. The number of rotatable bonds is 2. The summed E-state index contributed by atoms with van der Waals surface area (Å²) in [5.74, 6) is 0.633. The molecule has 1 aliphatic rings. The largest absolute Gasteiger partial charge is 0.455 e. The van der Waals surface area contributed by atoms with E-state index in [4.69, 9.17) is 13.8 Å². The summed E-state index contributed by atoms with van der Waals surface area (Å²) in [6.07, 6.45) is 0. The van der Waals surface area contributed by atoms with E-state index in [9.17, 15) is 0 Å². The number of furan rings is 1. The Morgan fingerprint density at radius 2 is 1.21 bits per heavy atom. The van der Waals surface area contributed by atoms with Crippen molar-refractivity contribution in [3.8, 4) is 44.8 Å². The first-order valence-corrected chi connectivity index (χ1v) is 12.8. The molecule has 0 saturated carbocycles. The summed E-state index contributed by atoms with van der Waals surface area (Å²) < 4.78 is 12.7. The lowest BCUT2D eigenvalue weighted by Gasteiger charge is -2.06. The predicted molar refractivity (Wildman–Crippen MR) is 154 cm³/mol. The third kappa shape index (κ3) is 2.60. The van der Waals surface area contributed by atoms with Gasteiger partial charge in [0.2, 0.25) is 5.89 Å². The zero-order valence-corrected chi connectivity index (χ0v) is 20.2. The van der Waals surface area contributed by atoms with Gasteiger partial charge in [-0.05, 0) is 69.8 Å². The minimum absolute atomic E-state index is 0.633. The second kappa shape index (κ2) is 7.21. The van der Waals surface area contributed by atoms with E-state index in [1.54, 1.807) is 0 Å². The standard InChI is InChI=1S/C35H19NO2/c1-2-8-20(9-3-1)35-36-29-18-21(16-17-30(29)38-35)22-12-7-15-31-33(22)28-19-27-24-11-5-4-10-23(24)25-13-6-14-26(32(25)27)34(28)37-31/h1-19H. The van der Waals surface area contributed by atoms with Crippen molar-refractivity contribution in [3.05, 3.63) is 115 Å². The van der Waals surface area contributed by atoms with Crippen LogP contribution in [-0.4, -0.2) is 4.98 Å². The molecule has 2 aromatic heterocycles. The SMILES string of the molecule is c1ccc(-c2nc3cc(-c4cccc5oc6c7cccc8c7c(cc6c45)-c4ccccc4-8)ccc3o2)cc1. The molecule has 0 aliphatic heterocycles. The Balaban J connectivity index is 1.31. The molecule has 0 spiro atoms. The normalized spacial score (nSPS) is 12.2. The molecule has 38 heavy (non-hydrogen) atoms. The molecule has 0 unspecified atom stereocenters. The van der Waals surface area contributed by atoms with Crippen molar-refractivity contribution in [3.63, 3.8) is 0 Å². The molecule has 1 aliphatic carbocycles. The van der Waals surface area contributed by atoms with E-state index in [1.807, 2.05) is 36.4 Å². The van der Waals surface area contributed by atoms with Crippen LogP contribution in [0.3, 0.4) is 0 Å². The first-order chi connectivity index (χ1) is 18.8. The smallest absolute Gasteiger partial charge is 0.227 e. The summed E-state index contributed by atoms with van der Waals surface area (Å²) in [5, 5.41) is 4.70. The van der Waals surface area contributed by atoms with Crippen LogP contribution in [0.5, 0.6) is 0 Å². The molecule has 0 bridgehead atoms. The van der Waals surface area contributed by atoms with Crippen LogP contribution in [0.25, 0.3) is 88.6 Å². The zero-order valence-electron chi connectivity index (χ0n) is 20.2. The number of oxazole rings is 1. The quantitative estimate of drug-likeness (QED) is 0.245. The fourth-order valence-corrected chi connectivity index (χ4v) is 6.19. The Hall–Kier alpha value is -5.15. The van der Waals surface area contributed by atoms with Crippen LogP contribution >= 0.6 is 0 Å². The second-order valence-corrected chi connectivity index (χ2v) is 9.92.